The lowest BCUT2D eigenvalue weighted by molar-refractivity contribution is 0.959. The molecule has 0 fully saturated rings. The van der Waals surface area contributed by atoms with E-state index in [-0.39, 0.29) is 0 Å². The Bertz CT molecular complexity index is 408. The van der Waals surface area contributed by atoms with Crippen molar-refractivity contribution in [3.05, 3.63) is 22.7 Å². The molecular formula is C8H8ClN3. The molecule has 3 nitrogen and oxygen atoms in total. The molecule has 12 heavy (non-hydrogen) atoms. The number of hydrogen-bond donors (Lipinski definition) is 1. The minimum atomic E-state index is 0.665. The molecule has 0 spiro atoms. The molecule has 2 rings (SSSR count). The van der Waals surface area contributed by atoms with Crippen LogP contribution in [0.3, 0.4) is 0 Å². The minimum Gasteiger partial charge on any atom is -0.197 e. The molecule has 4 heteroatoms. The predicted octanol–water partition coefficient (Wildman–Crippen LogP) is 2.17. The molecule has 0 aliphatic heterocycles. The number of aromatic amines is 1. The molecule has 0 atom stereocenters. The van der Waals surface area contributed by atoms with Crippen molar-refractivity contribution in [2.75, 3.05) is 0 Å². The van der Waals surface area contributed by atoms with Crippen molar-refractivity contribution in [1.82, 2.24) is 15.4 Å². The molecule has 2 aromatic rings. The Morgan fingerprint density at radius 3 is 3.00 bits per heavy atom. The van der Waals surface area contributed by atoms with E-state index in [0.717, 1.165) is 17.5 Å². The number of hydrogen-bond acceptors (Lipinski definition) is 2. The van der Waals surface area contributed by atoms with Gasteiger partial charge in [0.2, 0.25) is 0 Å². The van der Waals surface area contributed by atoms with E-state index in [4.69, 9.17) is 11.6 Å². The molecule has 0 unspecified atom stereocenters. The molecular weight excluding hydrogens is 174 g/mol. The van der Waals surface area contributed by atoms with E-state index in [0.29, 0.717) is 5.02 Å². The first-order chi connectivity index (χ1) is 5.81. The number of halogens is 1. The van der Waals surface area contributed by atoms with Gasteiger partial charge in [-0.1, -0.05) is 18.5 Å². The molecule has 0 aliphatic carbocycles. The van der Waals surface area contributed by atoms with Crippen LogP contribution in [0.25, 0.3) is 11.0 Å². The van der Waals surface area contributed by atoms with E-state index in [1.54, 1.807) is 0 Å². The van der Waals surface area contributed by atoms with Gasteiger partial charge >= 0.3 is 0 Å². The van der Waals surface area contributed by atoms with E-state index in [9.17, 15) is 0 Å². The number of nitrogens with zero attached hydrogens (tertiary/aromatic N) is 2. The first kappa shape index (κ1) is 7.55. The van der Waals surface area contributed by atoms with Crippen LogP contribution in [0.1, 0.15) is 12.5 Å². The molecule has 0 saturated carbocycles. The zero-order chi connectivity index (χ0) is 8.55. The van der Waals surface area contributed by atoms with Crippen LogP contribution in [-0.4, -0.2) is 15.4 Å². The summed E-state index contributed by atoms with van der Waals surface area (Å²) in [5, 5.41) is 11.1. The third-order valence-corrected chi connectivity index (χ3v) is 2.13. The van der Waals surface area contributed by atoms with Crippen molar-refractivity contribution in [3.63, 3.8) is 0 Å². The number of nitrogens with one attached hydrogen (secondary N) is 1. The van der Waals surface area contributed by atoms with Gasteiger partial charge < -0.3 is 0 Å². The maximum atomic E-state index is 5.96. The van der Waals surface area contributed by atoms with Gasteiger partial charge in [0.15, 0.2) is 0 Å². The molecule has 0 radical (unpaired) electrons. The number of H-pyrrole nitrogens is 1. The highest BCUT2D eigenvalue weighted by Gasteiger charge is 2.04. The summed E-state index contributed by atoms with van der Waals surface area (Å²) < 4.78 is 0. The quantitative estimate of drug-likeness (QED) is 0.733. The Kier molecular flexibility index (Phi) is 1.73. The Morgan fingerprint density at radius 1 is 1.42 bits per heavy atom. The second-order valence-electron chi connectivity index (χ2n) is 2.62. The third-order valence-electron chi connectivity index (χ3n) is 1.84. The molecule has 0 bridgehead atoms. The average molecular weight is 182 g/mol. The number of fused-ring (bicyclic) bond motifs is 1. The van der Waals surface area contributed by atoms with Gasteiger partial charge in [-0.15, -0.1) is 0 Å². The highest BCUT2D eigenvalue weighted by Crippen LogP contribution is 2.21. The van der Waals surface area contributed by atoms with Gasteiger partial charge in [-0.25, -0.2) is 0 Å². The molecule has 62 valence electrons. The molecule has 0 saturated heterocycles. The van der Waals surface area contributed by atoms with E-state index in [2.05, 4.69) is 22.3 Å². The molecule has 0 aliphatic rings. The van der Waals surface area contributed by atoms with Gasteiger partial charge in [-0.2, -0.15) is 15.4 Å². The summed E-state index contributed by atoms with van der Waals surface area (Å²) in [6.45, 7) is 2.08. The highest BCUT2D eigenvalue weighted by molar-refractivity contribution is 6.34. The van der Waals surface area contributed by atoms with Gasteiger partial charge in [0.25, 0.3) is 0 Å². The zero-order valence-electron chi connectivity index (χ0n) is 6.63. The summed E-state index contributed by atoms with van der Waals surface area (Å²) in [7, 11) is 0. The number of rotatable bonds is 1. The lowest BCUT2D eigenvalue weighted by atomic mass is 10.1. The van der Waals surface area contributed by atoms with E-state index < -0.39 is 0 Å². The molecule has 1 aromatic carbocycles. The third kappa shape index (κ3) is 1.06. The van der Waals surface area contributed by atoms with Crippen LogP contribution < -0.4 is 0 Å². The van der Waals surface area contributed by atoms with E-state index >= 15 is 0 Å². The summed E-state index contributed by atoms with van der Waals surface area (Å²) in [6, 6.07) is 3.91. The SMILES string of the molecule is CCc1cc(Cl)c2n[nH]nc2c1. The second-order valence-corrected chi connectivity index (χ2v) is 3.03. The largest absolute Gasteiger partial charge is 0.197 e. The first-order valence-corrected chi connectivity index (χ1v) is 4.18. The van der Waals surface area contributed by atoms with Crippen molar-refractivity contribution < 1.29 is 0 Å². The zero-order valence-corrected chi connectivity index (χ0v) is 7.39. The first-order valence-electron chi connectivity index (χ1n) is 3.80. The van der Waals surface area contributed by atoms with E-state index in [1.165, 1.54) is 5.56 Å². The Hall–Kier alpha value is -1.09. The Labute approximate surface area is 74.7 Å². The van der Waals surface area contributed by atoms with Crippen LogP contribution in [0.5, 0.6) is 0 Å². The van der Waals surface area contributed by atoms with Gasteiger partial charge in [-0.05, 0) is 24.1 Å². The second kappa shape index (κ2) is 2.75. The molecule has 1 heterocycles. The van der Waals surface area contributed by atoms with Crippen LogP contribution in [0.2, 0.25) is 5.02 Å². The van der Waals surface area contributed by atoms with Crippen LogP contribution in [0.4, 0.5) is 0 Å². The van der Waals surface area contributed by atoms with Crippen LogP contribution in [0, 0.1) is 0 Å². The van der Waals surface area contributed by atoms with Crippen molar-refractivity contribution in [2.45, 2.75) is 13.3 Å². The van der Waals surface area contributed by atoms with Crippen molar-refractivity contribution >= 4 is 22.6 Å². The fraction of sp³-hybridized carbons (Fsp3) is 0.250. The van der Waals surface area contributed by atoms with Gasteiger partial charge in [0.05, 0.1) is 5.02 Å². The predicted molar refractivity (Wildman–Crippen MR) is 48.3 cm³/mol. The summed E-state index contributed by atoms with van der Waals surface area (Å²) in [4.78, 5) is 0. The van der Waals surface area contributed by atoms with Crippen molar-refractivity contribution in [1.29, 1.82) is 0 Å². The smallest absolute Gasteiger partial charge is 0.131 e. The van der Waals surface area contributed by atoms with Crippen LogP contribution >= 0.6 is 11.6 Å². The Morgan fingerprint density at radius 2 is 2.25 bits per heavy atom. The van der Waals surface area contributed by atoms with Gasteiger partial charge in [0, 0.05) is 0 Å². The molecule has 0 amide bonds. The Balaban J connectivity index is 2.75. The van der Waals surface area contributed by atoms with Gasteiger partial charge in [-0.3, -0.25) is 0 Å². The summed E-state index contributed by atoms with van der Waals surface area (Å²) in [5.41, 5.74) is 2.76. The fourth-order valence-electron chi connectivity index (χ4n) is 1.17. The minimum absolute atomic E-state index is 0.665. The van der Waals surface area contributed by atoms with Crippen molar-refractivity contribution in [2.24, 2.45) is 0 Å². The lowest BCUT2D eigenvalue weighted by Gasteiger charge is -1.96. The average Bonchev–Trinajstić information content (AvgIpc) is 2.52. The fourth-order valence-corrected chi connectivity index (χ4v) is 1.45. The monoisotopic (exact) mass is 181 g/mol. The maximum absolute atomic E-state index is 5.96. The standard InChI is InChI=1S/C8H8ClN3/c1-2-5-3-6(9)8-7(4-5)10-12-11-8/h3-4H,2H2,1H3,(H,10,11,12). The summed E-state index contributed by atoms with van der Waals surface area (Å²) >= 11 is 5.96. The van der Waals surface area contributed by atoms with E-state index in [1.807, 2.05) is 12.1 Å². The summed E-state index contributed by atoms with van der Waals surface area (Å²) in [5.74, 6) is 0. The van der Waals surface area contributed by atoms with Crippen molar-refractivity contribution in [3.8, 4) is 0 Å². The number of benzene rings is 1. The molecule has 1 aromatic heterocycles. The molecule has 1 N–H and O–H groups in total. The lowest BCUT2D eigenvalue weighted by Crippen LogP contribution is -1.80. The van der Waals surface area contributed by atoms with Crippen LogP contribution in [0.15, 0.2) is 12.1 Å². The maximum Gasteiger partial charge on any atom is 0.131 e. The highest BCUT2D eigenvalue weighted by atomic mass is 35.5. The van der Waals surface area contributed by atoms with Gasteiger partial charge in [0.1, 0.15) is 11.0 Å². The topological polar surface area (TPSA) is 41.6 Å². The number of aryl methyl sites for hydroxylation is 1. The number of aromatic nitrogens is 3. The normalized spacial score (nSPS) is 10.8. The van der Waals surface area contributed by atoms with Crippen LogP contribution in [-0.2, 0) is 6.42 Å². The summed E-state index contributed by atoms with van der Waals surface area (Å²) in [6.07, 6.45) is 0.961.